The highest BCUT2D eigenvalue weighted by Gasteiger charge is 2.19. The van der Waals surface area contributed by atoms with Gasteiger partial charge in [0, 0.05) is 62.5 Å². The second kappa shape index (κ2) is 9.41. The van der Waals surface area contributed by atoms with Crippen LogP contribution in [0.4, 0.5) is 10.5 Å². The van der Waals surface area contributed by atoms with Crippen molar-refractivity contribution in [2.45, 2.75) is 27.2 Å². The van der Waals surface area contributed by atoms with Crippen LogP contribution in [-0.2, 0) is 11.2 Å². The number of benzene rings is 1. The molecule has 3 rings (SSSR count). The lowest BCUT2D eigenvalue weighted by atomic mass is 10.0. The minimum absolute atomic E-state index is 0.0736. The van der Waals surface area contributed by atoms with Crippen LogP contribution in [0.15, 0.2) is 27.4 Å². The first kappa shape index (κ1) is 21.3. The third kappa shape index (κ3) is 4.62. The predicted molar refractivity (Wildman–Crippen MR) is 115 cm³/mol. The van der Waals surface area contributed by atoms with Gasteiger partial charge < -0.3 is 14.1 Å². The van der Waals surface area contributed by atoms with E-state index >= 15 is 0 Å². The van der Waals surface area contributed by atoms with E-state index in [2.05, 4.69) is 4.90 Å². The van der Waals surface area contributed by atoms with E-state index in [9.17, 15) is 9.59 Å². The summed E-state index contributed by atoms with van der Waals surface area (Å²) in [5, 5.41) is 0.911. The average molecular weight is 402 g/mol. The van der Waals surface area contributed by atoms with Gasteiger partial charge in [-0.25, -0.2) is 9.59 Å². The molecule has 1 aliphatic heterocycles. The summed E-state index contributed by atoms with van der Waals surface area (Å²) in [5.41, 5.74) is 2.61. The topological polar surface area (TPSA) is 66.2 Å². The van der Waals surface area contributed by atoms with Gasteiger partial charge in [-0.3, -0.25) is 9.80 Å². The molecule has 2 amide bonds. The first-order chi connectivity index (χ1) is 14.0. The lowest BCUT2D eigenvalue weighted by molar-refractivity contribution is 0.0383. The molecule has 0 atom stereocenters. The minimum Gasteiger partial charge on any atom is -0.422 e. The van der Waals surface area contributed by atoms with Crippen molar-refractivity contribution in [1.82, 2.24) is 9.80 Å². The lowest BCUT2D eigenvalue weighted by Crippen LogP contribution is -2.41. The van der Waals surface area contributed by atoms with Crippen LogP contribution >= 0.6 is 0 Å². The number of carbonyl (C=O) groups is 1. The molecule has 2 aromatic rings. The minimum atomic E-state index is -0.293. The monoisotopic (exact) mass is 401 g/mol. The van der Waals surface area contributed by atoms with Crippen molar-refractivity contribution in [3.63, 3.8) is 0 Å². The van der Waals surface area contributed by atoms with E-state index in [4.69, 9.17) is 9.15 Å². The van der Waals surface area contributed by atoms with E-state index < -0.39 is 0 Å². The first-order valence-electron chi connectivity index (χ1n) is 10.3. The van der Waals surface area contributed by atoms with Gasteiger partial charge in [-0.05, 0) is 44.9 Å². The molecule has 1 aliphatic rings. The van der Waals surface area contributed by atoms with Crippen LogP contribution in [0.3, 0.4) is 0 Å². The zero-order valence-electron chi connectivity index (χ0n) is 17.9. The van der Waals surface area contributed by atoms with Crippen LogP contribution in [-0.4, -0.2) is 68.8 Å². The molecule has 1 fully saturated rings. The molecule has 0 bridgehead atoms. The number of aryl methyl sites for hydroxylation is 1. The van der Waals surface area contributed by atoms with E-state index in [1.165, 1.54) is 0 Å². The quantitative estimate of drug-likeness (QED) is 0.697. The van der Waals surface area contributed by atoms with Gasteiger partial charge in [0.2, 0.25) is 0 Å². The van der Waals surface area contributed by atoms with E-state index in [1.807, 2.05) is 32.9 Å². The van der Waals surface area contributed by atoms with Crippen molar-refractivity contribution >= 4 is 22.7 Å². The summed E-state index contributed by atoms with van der Waals surface area (Å²) in [6.07, 6.45) is 0.659. The van der Waals surface area contributed by atoms with E-state index in [1.54, 1.807) is 22.9 Å². The van der Waals surface area contributed by atoms with Gasteiger partial charge in [-0.2, -0.15) is 0 Å². The van der Waals surface area contributed by atoms with Gasteiger partial charge in [-0.1, -0.05) is 0 Å². The van der Waals surface area contributed by atoms with E-state index in [0.717, 1.165) is 49.4 Å². The number of rotatable bonds is 6. The molecule has 7 heteroatoms. The van der Waals surface area contributed by atoms with Crippen molar-refractivity contribution in [2.75, 3.05) is 57.9 Å². The number of hydrogen-bond acceptors (Lipinski definition) is 5. The molecule has 0 spiro atoms. The Hall–Kier alpha value is -2.38. The summed E-state index contributed by atoms with van der Waals surface area (Å²) in [4.78, 5) is 30.9. The SMILES string of the molecule is CCN(CC)C(=O)N(C)c1ccc2c(C)c(CCN3CCOCC3)c(=O)oc2c1. The second-order valence-corrected chi connectivity index (χ2v) is 7.39. The van der Waals surface area contributed by atoms with Crippen LogP contribution in [0.5, 0.6) is 0 Å². The van der Waals surface area contributed by atoms with Crippen LogP contribution in [0, 0.1) is 6.92 Å². The third-order valence-electron chi connectivity index (χ3n) is 5.76. The highest BCUT2D eigenvalue weighted by atomic mass is 16.5. The number of fused-ring (bicyclic) bond motifs is 1. The van der Waals surface area contributed by atoms with Crippen molar-refractivity contribution in [3.05, 3.63) is 39.7 Å². The van der Waals surface area contributed by atoms with E-state index in [-0.39, 0.29) is 11.7 Å². The second-order valence-electron chi connectivity index (χ2n) is 7.39. The smallest absolute Gasteiger partial charge is 0.339 e. The van der Waals surface area contributed by atoms with Crippen LogP contribution < -0.4 is 10.5 Å². The first-order valence-corrected chi connectivity index (χ1v) is 10.3. The number of carbonyl (C=O) groups excluding carboxylic acids is 1. The van der Waals surface area contributed by atoms with Crippen LogP contribution in [0.1, 0.15) is 25.0 Å². The Bertz CT molecular complexity index is 914. The number of nitrogens with zero attached hydrogens (tertiary/aromatic N) is 3. The molecule has 7 nitrogen and oxygen atoms in total. The Labute approximate surface area is 171 Å². The molecule has 0 aliphatic carbocycles. The Morgan fingerprint density at radius 2 is 1.86 bits per heavy atom. The van der Waals surface area contributed by atoms with Crippen molar-refractivity contribution in [3.8, 4) is 0 Å². The number of urea groups is 1. The standard InChI is InChI=1S/C22H31N3O4/c1-5-25(6-2)22(27)23(4)17-7-8-18-16(3)19(21(26)29-20(18)15-17)9-10-24-11-13-28-14-12-24/h7-8,15H,5-6,9-14H2,1-4H3. The fraction of sp³-hybridized carbons (Fsp3) is 0.545. The largest absolute Gasteiger partial charge is 0.422 e. The van der Waals surface area contributed by atoms with Crippen LogP contribution in [0.2, 0.25) is 0 Å². The maximum absolute atomic E-state index is 12.6. The highest BCUT2D eigenvalue weighted by Crippen LogP contribution is 2.25. The predicted octanol–water partition coefficient (Wildman–Crippen LogP) is 2.87. The number of anilines is 1. The maximum Gasteiger partial charge on any atom is 0.339 e. The molecule has 2 heterocycles. The van der Waals surface area contributed by atoms with Gasteiger partial charge >= 0.3 is 11.7 Å². The molecule has 158 valence electrons. The zero-order valence-corrected chi connectivity index (χ0v) is 17.9. The zero-order chi connectivity index (χ0) is 21.0. The summed E-state index contributed by atoms with van der Waals surface area (Å²) in [7, 11) is 1.74. The number of morpholine rings is 1. The Kier molecular flexibility index (Phi) is 6.92. The molecule has 1 aromatic heterocycles. The molecule has 1 aromatic carbocycles. The maximum atomic E-state index is 12.6. The van der Waals surface area contributed by atoms with Gasteiger partial charge in [-0.15, -0.1) is 0 Å². The number of amides is 2. The molecule has 1 saturated heterocycles. The van der Waals surface area contributed by atoms with Crippen molar-refractivity contribution in [2.24, 2.45) is 0 Å². The fourth-order valence-corrected chi connectivity index (χ4v) is 3.79. The molecule has 0 unspecified atom stereocenters. The summed E-state index contributed by atoms with van der Waals surface area (Å²) >= 11 is 0. The molecule has 0 saturated carbocycles. The Morgan fingerprint density at radius 3 is 2.52 bits per heavy atom. The fourth-order valence-electron chi connectivity index (χ4n) is 3.79. The molecule has 29 heavy (non-hydrogen) atoms. The summed E-state index contributed by atoms with van der Waals surface area (Å²) < 4.78 is 11.0. The van der Waals surface area contributed by atoms with Gasteiger partial charge in [0.15, 0.2) is 0 Å². The Morgan fingerprint density at radius 1 is 1.17 bits per heavy atom. The molecular formula is C22H31N3O4. The van der Waals surface area contributed by atoms with Crippen LogP contribution in [0.25, 0.3) is 11.0 Å². The van der Waals surface area contributed by atoms with Gasteiger partial charge in [0.25, 0.3) is 0 Å². The lowest BCUT2D eigenvalue weighted by Gasteiger charge is -2.27. The average Bonchev–Trinajstić information content (AvgIpc) is 2.74. The third-order valence-corrected chi connectivity index (χ3v) is 5.76. The van der Waals surface area contributed by atoms with Gasteiger partial charge in [0.1, 0.15) is 5.58 Å². The molecule has 0 N–H and O–H groups in total. The normalized spacial score (nSPS) is 14.9. The highest BCUT2D eigenvalue weighted by molar-refractivity contribution is 5.94. The number of hydrogen-bond donors (Lipinski definition) is 0. The molecule has 0 radical (unpaired) electrons. The van der Waals surface area contributed by atoms with Crippen molar-refractivity contribution in [1.29, 1.82) is 0 Å². The van der Waals surface area contributed by atoms with Crippen molar-refractivity contribution < 1.29 is 13.9 Å². The summed E-state index contributed by atoms with van der Waals surface area (Å²) in [5.74, 6) is 0. The summed E-state index contributed by atoms with van der Waals surface area (Å²) in [6, 6.07) is 5.54. The molecular weight excluding hydrogens is 370 g/mol. The van der Waals surface area contributed by atoms with E-state index in [0.29, 0.717) is 30.8 Å². The Balaban J connectivity index is 1.85. The van der Waals surface area contributed by atoms with Gasteiger partial charge in [0.05, 0.1) is 13.2 Å². The number of ether oxygens (including phenoxy) is 1. The summed E-state index contributed by atoms with van der Waals surface area (Å²) in [6.45, 7) is 11.3.